The Morgan fingerprint density at radius 3 is 2.69 bits per heavy atom. The molecule has 0 saturated heterocycles. The molecule has 7 heteroatoms. The van der Waals surface area contributed by atoms with Crippen LogP contribution in [0.5, 0.6) is 0 Å². The van der Waals surface area contributed by atoms with Crippen molar-refractivity contribution in [2.75, 3.05) is 0 Å². The van der Waals surface area contributed by atoms with E-state index in [4.69, 9.17) is 0 Å². The average Bonchev–Trinajstić information content (AvgIpc) is 2.04. The minimum absolute atomic E-state index is 0.103. The number of urea groups is 1. The first-order valence-electron chi connectivity index (χ1n) is 3.24. The van der Waals surface area contributed by atoms with Crippen molar-refractivity contribution in [1.82, 2.24) is 9.71 Å². The molecular weight excluding hydrogens is 194 g/mol. The molecular formula is C6H7N3O3S. The second-order valence-electron chi connectivity index (χ2n) is 2.16. The van der Waals surface area contributed by atoms with Crippen molar-refractivity contribution in [3.8, 4) is 0 Å². The van der Waals surface area contributed by atoms with Crippen molar-refractivity contribution in [3.05, 3.63) is 24.5 Å². The van der Waals surface area contributed by atoms with Gasteiger partial charge in [-0.15, -0.1) is 0 Å². The number of rotatable bonds is 2. The van der Waals surface area contributed by atoms with E-state index in [2.05, 4.69) is 10.7 Å². The van der Waals surface area contributed by atoms with Crippen LogP contribution in [0.1, 0.15) is 0 Å². The topological polar surface area (TPSA) is 102 Å². The summed E-state index contributed by atoms with van der Waals surface area (Å²) in [5, 5.41) is 0. The summed E-state index contributed by atoms with van der Waals surface area (Å²) in [5.74, 6) is 0. The second kappa shape index (κ2) is 3.40. The van der Waals surface area contributed by atoms with Gasteiger partial charge in [-0.05, 0) is 12.1 Å². The first-order valence-corrected chi connectivity index (χ1v) is 4.73. The number of primary amides is 1. The first kappa shape index (κ1) is 9.46. The summed E-state index contributed by atoms with van der Waals surface area (Å²) < 4.78 is 24.0. The summed E-state index contributed by atoms with van der Waals surface area (Å²) in [6.45, 7) is 0. The van der Waals surface area contributed by atoms with Gasteiger partial charge in [0, 0.05) is 12.4 Å². The summed E-state index contributed by atoms with van der Waals surface area (Å²) in [4.78, 5) is 13.8. The molecule has 0 fully saturated rings. The SMILES string of the molecule is NC(=O)NS(=O)(=O)c1cccnc1. The molecule has 70 valence electrons. The second-order valence-corrected chi connectivity index (χ2v) is 3.84. The van der Waals surface area contributed by atoms with Gasteiger partial charge < -0.3 is 5.73 Å². The predicted octanol–water partition coefficient (Wildman–Crippen LogP) is -0.561. The van der Waals surface area contributed by atoms with Crippen LogP contribution in [0.15, 0.2) is 29.4 Å². The Labute approximate surface area is 74.8 Å². The number of aromatic nitrogens is 1. The van der Waals surface area contributed by atoms with Gasteiger partial charge in [-0.2, -0.15) is 0 Å². The van der Waals surface area contributed by atoms with Crippen LogP contribution in [0.25, 0.3) is 0 Å². The molecule has 0 aliphatic heterocycles. The molecule has 1 rings (SSSR count). The predicted molar refractivity (Wildman–Crippen MR) is 44.1 cm³/mol. The number of hydrogen-bond acceptors (Lipinski definition) is 4. The zero-order chi connectivity index (χ0) is 9.90. The Kier molecular flexibility index (Phi) is 2.47. The molecule has 13 heavy (non-hydrogen) atoms. The lowest BCUT2D eigenvalue weighted by atomic mass is 10.5. The Hall–Kier alpha value is -1.63. The van der Waals surface area contributed by atoms with E-state index in [1.54, 1.807) is 4.72 Å². The molecule has 0 aliphatic carbocycles. The maximum absolute atomic E-state index is 11.2. The van der Waals surface area contributed by atoms with Crippen molar-refractivity contribution < 1.29 is 13.2 Å². The summed E-state index contributed by atoms with van der Waals surface area (Å²) in [5.41, 5.74) is 4.67. The monoisotopic (exact) mass is 201 g/mol. The number of nitrogens with zero attached hydrogens (tertiary/aromatic N) is 1. The van der Waals surface area contributed by atoms with Gasteiger partial charge in [0.15, 0.2) is 0 Å². The van der Waals surface area contributed by atoms with Gasteiger partial charge in [0.05, 0.1) is 0 Å². The maximum Gasteiger partial charge on any atom is 0.326 e. The maximum atomic E-state index is 11.2. The summed E-state index contributed by atoms with van der Waals surface area (Å²) in [6, 6.07) is 1.62. The number of pyridine rings is 1. The van der Waals surface area contributed by atoms with Crippen LogP contribution in [-0.2, 0) is 10.0 Å². The van der Waals surface area contributed by atoms with E-state index in [1.165, 1.54) is 18.3 Å². The number of nitrogens with one attached hydrogen (secondary N) is 1. The summed E-state index contributed by atoms with van der Waals surface area (Å²) in [6.07, 6.45) is 2.54. The van der Waals surface area contributed by atoms with E-state index in [1.807, 2.05) is 0 Å². The van der Waals surface area contributed by atoms with Crippen molar-refractivity contribution in [2.24, 2.45) is 5.73 Å². The molecule has 0 aromatic carbocycles. The summed E-state index contributed by atoms with van der Waals surface area (Å²) >= 11 is 0. The van der Waals surface area contributed by atoms with Crippen LogP contribution < -0.4 is 10.5 Å². The molecule has 0 saturated carbocycles. The Morgan fingerprint density at radius 2 is 2.23 bits per heavy atom. The number of nitrogens with two attached hydrogens (primary N) is 1. The van der Waals surface area contributed by atoms with Crippen molar-refractivity contribution in [2.45, 2.75) is 4.90 Å². The minimum atomic E-state index is -3.85. The molecule has 6 nitrogen and oxygen atoms in total. The third-order valence-corrected chi connectivity index (χ3v) is 2.51. The number of hydrogen-bond donors (Lipinski definition) is 2. The van der Waals surface area contributed by atoms with Crippen LogP contribution in [-0.4, -0.2) is 19.4 Å². The molecule has 0 spiro atoms. The zero-order valence-corrected chi connectivity index (χ0v) is 7.28. The highest BCUT2D eigenvalue weighted by molar-refractivity contribution is 7.90. The van der Waals surface area contributed by atoms with Crippen LogP contribution in [0.2, 0.25) is 0 Å². The molecule has 1 heterocycles. The number of sulfonamides is 1. The number of carbonyl (C=O) groups excluding carboxylic acids is 1. The molecule has 1 aromatic rings. The highest BCUT2D eigenvalue weighted by Crippen LogP contribution is 2.04. The van der Waals surface area contributed by atoms with Gasteiger partial charge in [-0.25, -0.2) is 17.9 Å². The minimum Gasteiger partial charge on any atom is -0.351 e. The van der Waals surface area contributed by atoms with E-state index >= 15 is 0 Å². The van der Waals surface area contributed by atoms with E-state index in [-0.39, 0.29) is 4.90 Å². The zero-order valence-electron chi connectivity index (χ0n) is 6.47. The lowest BCUT2D eigenvalue weighted by Crippen LogP contribution is -2.34. The molecule has 3 N–H and O–H groups in total. The van der Waals surface area contributed by atoms with Crippen LogP contribution in [0, 0.1) is 0 Å². The largest absolute Gasteiger partial charge is 0.351 e. The third-order valence-electron chi connectivity index (χ3n) is 1.18. The number of amides is 2. The third kappa shape index (κ3) is 2.41. The van der Waals surface area contributed by atoms with E-state index < -0.39 is 16.1 Å². The average molecular weight is 201 g/mol. The van der Waals surface area contributed by atoms with E-state index in [0.29, 0.717) is 0 Å². The molecule has 0 aliphatic rings. The van der Waals surface area contributed by atoms with E-state index in [0.717, 1.165) is 6.20 Å². The van der Waals surface area contributed by atoms with Crippen LogP contribution >= 0.6 is 0 Å². The van der Waals surface area contributed by atoms with Gasteiger partial charge >= 0.3 is 6.03 Å². The molecule has 2 amide bonds. The van der Waals surface area contributed by atoms with E-state index in [9.17, 15) is 13.2 Å². The van der Waals surface area contributed by atoms with Crippen LogP contribution in [0.3, 0.4) is 0 Å². The van der Waals surface area contributed by atoms with Gasteiger partial charge in [0.25, 0.3) is 10.0 Å². The molecule has 1 aromatic heterocycles. The molecule has 0 atom stereocenters. The highest BCUT2D eigenvalue weighted by Gasteiger charge is 2.14. The first-order chi connectivity index (χ1) is 6.02. The van der Waals surface area contributed by atoms with Gasteiger partial charge in [0.1, 0.15) is 4.90 Å². The fourth-order valence-electron chi connectivity index (χ4n) is 0.697. The normalized spacial score (nSPS) is 10.8. The lowest BCUT2D eigenvalue weighted by molar-refractivity contribution is 0.253. The Balaban J connectivity index is 3.02. The smallest absolute Gasteiger partial charge is 0.326 e. The van der Waals surface area contributed by atoms with Gasteiger partial charge in [-0.3, -0.25) is 4.98 Å². The quantitative estimate of drug-likeness (QED) is 0.669. The Bertz CT molecular complexity index is 400. The fourth-order valence-corrected chi connectivity index (χ4v) is 1.54. The number of carbonyl (C=O) groups is 1. The fraction of sp³-hybridized carbons (Fsp3) is 0. The van der Waals surface area contributed by atoms with Gasteiger partial charge in [0.2, 0.25) is 0 Å². The standard InChI is InChI=1S/C6H7N3O3S/c7-6(10)9-13(11,12)5-2-1-3-8-4-5/h1-4H,(H3,7,9,10). The highest BCUT2D eigenvalue weighted by atomic mass is 32.2. The molecule has 0 bridgehead atoms. The lowest BCUT2D eigenvalue weighted by Gasteiger charge is -2.02. The Morgan fingerprint density at radius 1 is 1.54 bits per heavy atom. The molecule has 0 radical (unpaired) electrons. The summed E-state index contributed by atoms with van der Waals surface area (Å²) in [7, 11) is -3.85. The van der Waals surface area contributed by atoms with Gasteiger partial charge in [-0.1, -0.05) is 0 Å². The van der Waals surface area contributed by atoms with Crippen LogP contribution in [0.4, 0.5) is 4.79 Å². The van der Waals surface area contributed by atoms with Crippen molar-refractivity contribution >= 4 is 16.1 Å². The molecule has 0 unspecified atom stereocenters. The van der Waals surface area contributed by atoms with Crippen molar-refractivity contribution in [3.63, 3.8) is 0 Å². The van der Waals surface area contributed by atoms with Crippen molar-refractivity contribution in [1.29, 1.82) is 0 Å².